The summed E-state index contributed by atoms with van der Waals surface area (Å²) in [6.07, 6.45) is 4.38. The van der Waals surface area contributed by atoms with E-state index < -0.39 is 9.84 Å². The van der Waals surface area contributed by atoms with Crippen molar-refractivity contribution in [3.05, 3.63) is 18.0 Å². The highest BCUT2D eigenvalue weighted by Crippen LogP contribution is 2.19. The van der Waals surface area contributed by atoms with E-state index in [4.69, 9.17) is 0 Å². The van der Waals surface area contributed by atoms with Crippen LogP contribution >= 0.6 is 0 Å². The summed E-state index contributed by atoms with van der Waals surface area (Å²) in [5.41, 5.74) is 0.400. The molecule has 22 heavy (non-hydrogen) atoms. The molecule has 1 aliphatic heterocycles. The third kappa shape index (κ3) is 3.94. The zero-order valence-corrected chi connectivity index (χ0v) is 13.9. The highest BCUT2D eigenvalue weighted by molar-refractivity contribution is 7.91. The molecule has 2 rings (SSSR count). The van der Waals surface area contributed by atoms with Crippen molar-refractivity contribution in [3.8, 4) is 0 Å². The topological polar surface area (TPSA) is 92.3 Å². The van der Waals surface area contributed by atoms with Gasteiger partial charge in [-0.1, -0.05) is 6.92 Å². The maximum absolute atomic E-state index is 12.0. The van der Waals surface area contributed by atoms with E-state index in [0.29, 0.717) is 17.9 Å². The molecule has 8 heteroatoms. The number of hydrogen-bond acceptors (Lipinski definition) is 6. The molecule has 0 bridgehead atoms. The molecule has 122 valence electrons. The van der Waals surface area contributed by atoms with Crippen molar-refractivity contribution in [3.63, 3.8) is 0 Å². The van der Waals surface area contributed by atoms with Gasteiger partial charge >= 0.3 is 0 Å². The smallest absolute Gasteiger partial charge is 0.254 e. The number of rotatable bonds is 5. The van der Waals surface area contributed by atoms with Gasteiger partial charge in [-0.3, -0.25) is 4.79 Å². The fourth-order valence-electron chi connectivity index (χ4n) is 2.27. The van der Waals surface area contributed by atoms with E-state index in [-0.39, 0.29) is 29.5 Å². The van der Waals surface area contributed by atoms with Crippen LogP contribution in [0.25, 0.3) is 0 Å². The first-order valence-electron chi connectivity index (χ1n) is 7.38. The van der Waals surface area contributed by atoms with Crippen LogP contribution in [0.5, 0.6) is 0 Å². The fourth-order valence-corrected chi connectivity index (χ4v) is 4.05. The summed E-state index contributed by atoms with van der Waals surface area (Å²) in [6.45, 7) is 3.93. The van der Waals surface area contributed by atoms with Crippen LogP contribution in [-0.2, 0) is 9.84 Å². The van der Waals surface area contributed by atoms with Gasteiger partial charge in [0.05, 0.1) is 17.1 Å². The SMILES string of the molecule is CCC(C)NC(=O)c1cnc(N(C)C2CCS(=O)(=O)C2)nc1. The van der Waals surface area contributed by atoms with Gasteiger partial charge in [0.15, 0.2) is 9.84 Å². The average molecular weight is 326 g/mol. The Morgan fingerprint density at radius 1 is 1.45 bits per heavy atom. The van der Waals surface area contributed by atoms with Gasteiger partial charge in [-0.25, -0.2) is 18.4 Å². The summed E-state index contributed by atoms with van der Waals surface area (Å²) in [4.78, 5) is 22.1. The maximum atomic E-state index is 12.0. The normalized spacial score (nSPS) is 21.3. The molecule has 1 aliphatic rings. The number of carbonyl (C=O) groups excluding carboxylic acids is 1. The lowest BCUT2D eigenvalue weighted by Crippen LogP contribution is -2.34. The van der Waals surface area contributed by atoms with Crippen molar-refractivity contribution < 1.29 is 13.2 Å². The minimum Gasteiger partial charge on any atom is -0.350 e. The molecule has 1 aromatic rings. The number of carbonyl (C=O) groups is 1. The van der Waals surface area contributed by atoms with E-state index in [9.17, 15) is 13.2 Å². The van der Waals surface area contributed by atoms with Crippen LogP contribution in [0.2, 0.25) is 0 Å². The Morgan fingerprint density at radius 2 is 2.09 bits per heavy atom. The summed E-state index contributed by atoms with van der Waals surface area (Å²) in [6, 6.07) is -0.0108. The van der Waals surface area contributed by atoms with E-state index in [1.54, 1.807) is 11.9 Å². The largest absolute Gasteiger partial charge is 0.350 e. The van der Waals surface area contributed by atoms with E-state index in [1.807, 2.05) is 13.8 Å². The van der Waals surface area contributed by atoms with Crippen LogP contribution in [0.3, 0.4) is 0 Å². The van der Waals surface area contributed by atoms with Gasteiger partial charge in [-0.15, -0.1) is 0 Å². The first kappa shape index (κ1) is 16.7. The number of sulfone groups is 1. The van der Waals surface area contributed by atoms with Gasteiger partial charge < -0.3 is 10.2 Å². The number of nitrogens with zero attached hydrogens (tertiary/aromatic N) is 3. The second kappa shape index (κ2) is 6.60. The van der Waals surface area contributed by atoms with Crippen LogP contribution in [0, 0.1) is 0 Å². The van der Waals surface area contributed by atoms with Crippen molar-refractivity contribution >= 4 is 21.7 Å². The van der Waals surface area contributed by atoms with Crippen LogP contribution in [0.1, 0.15) is 37.0 Å². The quantitative estimate of drug-likeness (QED) is 0.853. The standard InChI is InChI=1S/C14H22N4O3S/c1-4-10(2)17-13(19)11-7-15-14(16-8-11)18(3)12-5-6-22(20,21)9-12/h7-8,10,12H,4-6,9H2,1-3H3,(H,17,19). The molecule has 7 nitrogen and oxygen atoms in total. The Bertz CT molecular complexity index is 630. The molecule has 0 radical (unpaired) electrons. The van der Waals surface area contributed by atoms with Crippen LogP contribution in [-0.4, -0.2) is 54.9 Å². The minimum absolute atomic E-state index is 0.0959. The lowest BCUT2D eigenvalue weighted by molar-refractivity contribution is 0.0938. The lowest BCUT2D eigenvalue weighted by Gasteiger charge is -2.23. The zero-order valence-electron chi connectivity index (χ0n) is 13.1. The molecule has 1 N–H and O–H groups in total. The molecule has 1 aromatic heterocycles. The Kier molecular flexibility index (Phi) is 5.00. The van der Waals surface area contributed by atoms with Crippen molar-refractivity contribution in [1.29, 1.82) is 0 Å². The summed E-state index contributed by atoms with van der Waals surface area (Å²) >= 11 is 0. The molecular formula is C14H22N4O3S. The van der Waals surface area contributed by atoms with Crippen molar-refractivity contribution in [2.75, 3.05) is 23.5 Å². The molecule has 2 atom stereocenters. The minimum atomic E-state index is -2.95. The average Bonchev–Trinajstić information content (AvgIpc) is 2.86. The third-order valence-electron chi connectivity index (χ3n) is 3.96. The number of hydrogen-bond donors (Lipinski definition) is 1. The second-order valence-corrected chi connectivity index (χ2v) is 7.95. The predicted molar refractivity (Wildman–Crippen MR) is 84.7 cm³/mol. The van der Waals surface area contributed by atoms with Crippen molar-refractivity contribution in [1.82, 2.24) is 15.3 Å². The van der Waals surface area contributed by atoms with E-state index in [2.05, 4.69) is 15.3 Å². The van der Waals surface area contributed by atoms with Crippen LogP contribution < -0.4 is 10.2 Å². The van der Waals surface area contributed by atoms with Gasteiger partial charge in [0.2, 0.25) is 5.95 Å². The first-order valence-corrected chi connectivity index (χ1v) is 9.20. The first-order chi connectivity index (χ1) is 10.3. The Labute approximate surface area is 131 Å². The molecular weight excluding hydrogens is 304 g/mol. The Hall–Kier alpha value is -1.70. The van der Waals surface area contributed by atoms with Crippen molar-refractivity contribution in [2.24, 2.45) is 0 Å². The maximum Gasteiger partial charge on any atom is 0.254 e. The van der Waals surface area contributed by atoms with Gasteiger partial charge in [0.1, 0.15) is 0 Å². The molecule has 0 spiro atoms. The second-order valence-electron chi connectivity index (χ2n) is 5.72. The van der Waals surface area contributed by atoms with E-state index in [0.717, 1.165) is 6.42 Å². The molecule has 0 saturated carbocycles. The van der Waals surface area contributed by atoms with Gasteiger partial charge in [-0.05, 0) is 19.8 Å². The van der Waals surface area contributed by atoms with Gasteiger partial charge in [0.25, 0.3) is 5.91 Å². The molecule has 2 heterocycles. The fraction of sp³-hybridized carbons (Fsp3) is 0.643. The lowest BCUT2D eigenvalue weighted by atomic mass is 10.2. The summed E-state index contributed by atoms with van der Waals surface area (Å²) in [5, 5.41) is 2.85. The Morgan fingerprint density at radius 3 is 2.59 bits per heavy atom. The van der Waals surface area contributed by atoms with E-state index in [1.165, 1.54) is 12.4 Å². The molecule has 1 saturated heterocycles. The summed E-state index contributed by atoms with van der Waals surface area (Å²) in [5.74, 6) is 0.565. The number of anilines is 1. The number of aromatic nitrogens is 2. The summed E-state index contributed by atoms with van der Waals surface area (Å²) in [7, 11) is -1.17. The van der Waals surface area contributed by atoms with Crippen LogP contribution in [0.15, 0.2) is 12.4 Å². The zero-order chi connectivity index (χ0) is 16.3. The molecule has 1 fully saturated rings. The number of nitrogens with one attached hydrogen (secondary N) is 1. The molecule has 1 amide bonds. The van der Waals surface area contributed by atoms with Gasteiger partial charge in [0, 0.05) is 31.5 Å². The highest BCUT2D eigenvalue weighted by atomic mass is 32.2. The van der Waals surface area contributed by atoms with Gasteiger partial charge in [-0.2, -0.15) is 0 Å². The molecule has 0 aliphatic carbocycles. The number of amides is 1. The van der Waals surface area contributed by atoms with Crippen molar-refractivity contribution in [2.45, 2.75) is 38.8 Å². The molecule has 0 aromatic carbocycles. The monoisotopic (exact) mass is 326 g/mol. The third-order valence-corrected chi connectivity index (χ3v) is 5.71. The summed E-state index contributed by atoms with van der Waals surface area (Å²) < 4.78 is 23.1. The Balaban J connectivity index is 2.04. The highest BCUT2D eigenvalue weighted by Gasteiger charge is 2.31. The molecule has 2 unspecified atom stereocenters. The van der Waals surface area contributed by atoms with E-state index >= 15 is 0 Å². The predicted octanol–water partition coefficient (Wildman–Crippen LogP) is 0.628. The van der Waals surface area contributed by atoms with Crippen LogP contribution in [0.4, 0.5) is 5.95 Å².